The van der Waals surface area contributed by atoms with Crippen molar-refractivity contribution in [2.75, 3.05) is 5.75 Å². The lowest BCUT2D eigenvalue weighted by atomic mass is 9.84. The van der Waals surface area contributed by atoms with Crippen molar-refractivity contribution < 1.29 is 13.9 Å². The molecule has 0 radical (unpaired) electrons. The zero-order chi connectivity index (χ0) is 22.9. The molecule has 33 heavy (non-hydrogen) atoms. The van der Waals surface area contributed by atoms with Crippen LogP contribution in [0.1, 0.15) is 54.1 Å². The van der Waals surface area contributed by atoms with Gasteiger partial charge in [-0.1, -0.05) is 41.9 Å². The third-order valence-corrected chi connectivity index (χ3v) is 9.14. The fourth-order valence-corrected chi connectivity index (χ4v) is 7.36. The van der Waals surface area contributed by atoms with Crippen molar-refractivity contribution in [3.63, 3.8) is 0 Å². The number of carbonyl (C=O) groups excluding carboxylic acids is 1. The Labute approximate surface area is 205 Å². The van der Waals surface area contributed by atoms with Crippen molar-refractivity contribution in [3.8, 4) is 5.75 Å². The summed E-state index contributed by atoms with van der Waals surface area (Å²) in [6, 6.07) is 10.0. The largest absolute Gasteiger partial charge is 0.483 e. The Morgan fingerprint density at radius 3 is 2.82 bits per heavy atom. The first kappa shape index (κ1) is 22.9. The van der Waals surface area contributed by atoms with Gasteiger partial charge >= 0.3 is 0 Å². The average Bonchev–Trinajstić information content (AvgIpc) is 3.60. The zero-order valence-corrected chi connectivity index (χ0v) is 20.6. The van der Waals surface area contributed by atoms with Gasteiger partial charge in [0.1, 0.15) is 6.61 Å². The summed E-state index contributed by atoms with van der Waals surface area (Å²) in [4.78, 5) is 13.3. The van der Waals surface area contributed by atoms with E-state index in [0.29, 0.717) is 26.1 Å². The highest BCUT2D eigenvalue weighted by Crippen LogP contribution is 2.52. The zero-order valence-electron chi connectivity index (χ0n) is 18.2. The number of hydrogen-bond acceptors (Lipinski definition) is 6. The van der Waals surface area contributed by atoms with E-state index < -0.39 is 5.82 Å². The molecule has 0 N–H and O–H groups in total. The molecule has 0 amide bonds. The standard InChI is InChI=1S/C24H25ClFN3O2S2/c1-14(17-11-15-6-7-16(17)10-15)29-23(12-31-20-5-3-2-4-18(20)26)27-28-24(29)32-13-19(30)21-8-9-22(25)33-21/h2-5,8-9,14-17H,6-7,10-13H2,1H3/t14-,15-,16-,17-/m1/s1. The average molecular weight is 506 g/mol. The number of hydrogen-bond donors (Lipinski definition) is 0. The third-order valence-electron chi connectivity index (χ3n) is 6.93. The molecule has 5 rings (SSSR count). The van der Waals surface area contributed by atoms with Crippen molar-refractivity contribution in [2.24, 2.45) is 17.8 Å². The van der Waals surface area contributed by atoms with Crippen molar-refractivity contribution in [3.05, 3.63) is 57.3 Å². The lowest BCUT2D eigenvalue weighted by Gasteiger charge is -2.30. The Hall–Kier alpha value is -1.90. The molecule has 0 aliphatic heterocycles. The van der Waals surface area contributed by atoms with E-state index in [0.717, 1.165) is 11.8 Å². The van der Waals surface area contributed by atoms with Gasteiger partial charge in [0.15, 0.2) is 28.3 Å². The fraction of sp³-hybridized carbons (Fsp3) is 0.458. The van der Waals surface area contributed by atoms with Crippen LogP contribution in [0.25, 0.3) is 0 Å². The summed E-state index contributed by atoms with van der Waals surface area (Å²) < 4.78 is 22.5. The SMILES string of the molecule is C[C@H]([C@H]1C[C@@H]2CC[C@@H]1C2)n1c(COc2ccccc2F)nnc1SCC(=O)c1ccc(Cl)s1. The number of carbonyl (C=O) groups is 1. The van der Waals surface area contributed by atoms with Gasteiger partial charge in [-0.25, -0.2) is 4.39 Å². The maximum atomic E-state index is 14.1. The lowest BCUT2D eigenvalue weighted by molar-refractivity contribution is 0.102. The Morgan fingerprint density at radius 2 is 2.12 bits per heavy atom. The van der Waals surface area contributed by atoms with Crippen LogP contribution in [-0.2, 0) is 6.61 Å². The maximum Gasteiger partial charge on any atom is 0.192 e. The second kappa shape index (κ2) is 9.76. The van der Waals surface area contributed by atoms with Gasteiger partial charge in [0, 0.05) is 6.04 Å². The summed E-state index contributed by atoms with van der Waals surface area (Å²) in [5, 5.41) is 9.49. The molecular weight excluding hydrogens is 481 g/mol. The molecule has 1 aromatic carbocycles. The number of ketones is 1. The highest BCUT2D eigenvalue weighted by atomic mass is 35.5. The maximum absolute atomic E-state index is 14.1. The van der Waals surface area contributed by atoms with Crippen LogP contribution >= 0.6 is 34.7 Å². The minimum absolute atomic E-state index is 0.0168. The van der Waals surface area contributed by atoms with Crippen LogP contribution in [-0.4, -0.2) is 26.3 Å². The van der Waals surface area contributed by atoms with Gasteiger partial charge in [-0.3, -0.25) is 9.36 Å². The summed E-state index contributed by atoms with van der Waals surface area (Å²) in [7, 11) is 0. The Kier molecular flexibility index (Phi) is 6.77. The molecule has 9 heteroatoms. The highest BCUT2D eigenvalue weighted by Gasteiger charge is 2.43. The Morgan fingerprint density at radius 1 is 1.27 bits per heavy atom. The smallest absolute Gasteiger partial charge is 0.192 e. The molecule has 4 atom stereocenters. The number of ether oxygens (including phenoxy) is 1. The number of aromatic nitrogens is 3. The number of thiophene rings is 1. The molecule has 2 bridgehead atoms. The van der Waals surface area contributed by atoms with Gasteiger partial charge in [-0.05, 0) is 68.2 Å². The number of halogens is 2. The van der Waals surface area contributed by atoms with Crippen molar-refractivity contribution >= 4 is 40.5 Å². The van der Waals surface area contributed by atoms with Crippen LogP contribution in [0.4, 0.5) is 4.39 Å². The highest BCUT2D eigenvalue weighted by molar-refractivity contribution is 7.99. The molecule has 2 aliphatic carbocycles. The first-order valence-corrected chi connectivity index (χ1v) is 13.4. The van der Waals surface area contributed by atoms with E-state index in [9.17, 15) is 9.18 Å². The van der Waals surface area contributed by atoms with E-state index in [1.165, 1.54) is 54.8 Å². The van der Waals surface area contributed by atoms with Crippen LogP contribution < -0.4 is 4.74 Å². The second-order valence-corrected chi connectivity index (χ2v) is 11.5. The number of para-hydroxylation sites is 1. The first-order chi connectivity index (χ1) is 16.0. The van der Waals surface area contributed by atoms with E-state index in [4.69, 9.17) is 16.3 Å². The van der Waals surface area contributed by atoms with E-state index >= 15 is 0 Å². The molecule has 2 aromatic heterocycles. The van der Waals surface area contributed by atoms with E-state index in [1.807, 2.05) is 0 Å². The van der Waals surface area contributed by atoms with Crippen LogP contribution in [0.15, 0.2) is 41.6 Å². The molecule has 0 unspecified atom stereocenters. The predicted molar refractivity (Wildman–Crippen MR) is 129 cm³/mol. The molecule has 2 saturated carbocycles. The Bertz CT molecular complexity index is 1150. The van der Waals surface area contributed by atoms with Crippen molar-refractivity contribution in [1.82, 2.24) is 14.8 Å². The quantitative estimate of drug-likeness (QED) is 0.240. The van der Waals surface area contributed by atoms with E-state index in [1.54, 1.807) is 30.3 Å². The second-order valence-electron chi connectivity index (χ2n) is 8.88. The molecule has 2 heterocycles. The summed E-state index contributed by atoms with van der Waals surface area (Å²) >= 11 is 8.66. The summed E-state index contributed by atoms with van der Waals surface area (Å²) in [6.07, 6.45) is 5.13. The Balaban J connectivity index is 1.36. The van der Waals surface area contributed by atoms with E-state index in [-0.39, 0.29) is 29.9 Å². The number of rotatable bonds is 9. The summed E-state index contributed by atoms with van der Waals surface area (Å²) in [6.45, 7) is 2.33. The van der Waals surface area contributed by atoms with Gasteiger partial charge in [-0.2, -0.15) is 0 Å². The molecule has 3 aromatic rings. The molecule has 0 saturated heterocycles. The monoisotopic (exact) mass is 505 g/mol. The van der Waals surface area contributed by atoms with Crippen LogP contribution in [0.3, 0.4) is 0 Å². The number of thioether (sulfide) groups is 1. The van der Waals surface area contributed by atoms with Gasteiger partial charge in [-0.15, -0.1) is 21.5 Å². The number of benzene rings is 1. The van der Waals surface area contributed by atoms with Gasteiger partial charge in [0.25, 0.3) is 0 Å². The minimum atomic E-state index is -0.403. The molecule has 5 nitrogen and oxygen atoms in total. The third kappa shape index (κ3) is 4.84. The van der Waals surface area contributed by atoms with Gasteiger partial charge in [0.05, 0.1) is 15.0 Å². The van der Waals surface area contributed by atoms with Gasteiger partial charge < -0.3 is 4.74 Å². The topological polar surface area (TPSA) is 57.0 Å². The fourth-order valence-electron chi connectivity index (χ4n) is 5.36. The number of Topliss-reactive ketones (excluding diaryl/α,β-unsaturated/α-hetero) is 1. The number of fused-ring (bicyclic) bond motifs is 2. The molecule has 2 aliphatic rings. The summed E-state index contributed by atoms with van der Waals surface area (Å²) in [5.74, 6) is 2.81. The van der Waals surface area contributed by atoms with Crippen LogP contribution in [0, 0.1) is 23.6 Å². The predicted octanol–water partition coefficient (Wildman–Crippen LogP) is 6.68. The van der Waals surface area contributed by atoms with Crippen molar-refractivity contribution in [1.29, 1.82) is 0 Å². The van der Waals surface area contributed by atoms with Crippen molar-refractivity contribution in [2.45, 2.75) is 50.4 Å². The van der Waals surface area contributed by atoms with Gasteiger partial charge in [0.2, 0.25) is 0 Å². The summed E-state index contributed by atoms with van der Waals surface area (Å²) in [5.41, 5.74) is 0. The lowest BCUT2D eigenvalue weighted by Crippen LogP contribution is -2.24. The normalized spacial score (nSPS) is 22.6. The first-order valence-electron chi connectivity index (χ1n) is 11.2. The number of nitrogens with zero attached hydrogens (tertiary/aromatic N) is 3. The van der Waals surface area contributed by atoms with E-state index in [2.05, 4.69) is 21.7 Å². The molecule has 174 valence electrons. The molecule has 2 fully saturated rings. The minimum Gasteiger partial charge on any atom is -0.483 e. The van der Waals surface area contributed by atoms with Crippen LogP contribution in [0.2, 0.25) is 4.34 Å². The molecule has 0 spiro atoms. The molecular formula is C24H25ClFN3O2S2. The van der Waals surface area contributed by atoms with Crippen LogP contribution in [0.5, 0.6) is 5.75 Å².